The number of methoxy groups -OCH3 is 1. The van der Waals surface area contributed by atoms with E-state index in [2.05, 4.69) is 57.0 Å². The van der Waals surface area contributed by atoms with Crippen molar-refractivity contribution >= 4 is 59.6 Å². The molecule has 36 heavy (non-hydrogen) atoms. The summed E-state index contributed by atoms with van der Waals surface area (Å²) in [5.41, 5.74) is 5.07. The summed E-state index contributed by atoms with van der Waals surface area (Å²) >= 11 is 7.40. The van der Waals surface area contributed by atoms with E-state index >= 15 is 0 Å². The van der Waals surface area contributed by atoms with E-state index in [9.17, 15) is 4.79 Å². The molecule has 4 aromatic carbocycles. The largest absolute Gasteiger partial charge is 0.476 e. The summed E-state index contributed by atoms with van der Waals surface area (Å²) in [6, 6.07) is 24.2. The first-order valence-corrected chi connectivity index (χ1v) is 13.1. The molecule has 0 aliphatic rings. The van der Waals surface area contributed by atoms with Crippen LogP contribution in [0, 0.1) is 13.8 Å². The van der Waals surface area contributed by atoms with E-state index in [-0.39, 0.29) is 0 Å². The number of furan rings is 1. The highest BCUT2D eigenvalue weighted by molar-refractivity contribution is 9.11. The number of halogens is 2. The molecule has 1 heterocycles. The Bertz CT molecular complexity index is 1560. The first-order chi connectivity index (χ1) is 17.4. The molecule has 5 rings (SSSR count). The van der Waals surface area contributed by atoms with Crippen molar-refractivity contribution in [3.8, 4) is 16.9 Å². The maximum absolute atomic E-state index is 12.6. The fourth-order valence-corrected chi connectivity index (χ4v) is 5.96. The second-order valence-corrected chi connectivity index (χ2v) is 10.4. The molecule has 1 atom stereocenters. The van der Waals surface area contributed by atoms with Crippen molar-refractivity contribution in [2.24, 2.45) is 0 Å². The molecule has 0 bridgehead atoms. The van der Waals surface area contributed by atoms with Crippen LogP contribution in [0.2, 0.25) is 0 Å². The molecule has 0 spiro atoms. The van der Waals surface area contributed by atoms with E-state index in [4.69, 9.17) is 13.9 Å². The lowest BCUT2D eigenvalue weighted by atomic mass is 9.93. The van der Waals surface area contributed by atoms with Crippen molar-refractivity contribution in [1.82, 2.24) is 0 Å². The predicted molar refractivity (Wildman–Crippen MR) is 151 cm³/mol. The van der Waals surface area contributed by atoms with Gasteiger partial charge in [-0.3, -0.25) is 0 Å². The van der Waals surface area contributed by atoms with E-state index in [0.717, 1.165) is 58.7 Å². The molecule has 1 unspecified atom stereocenters. The molecule has 0 aliphatic heterocycles. The lowest BCUT2D eigenvalue weighted by Gasteiger charge is -2.20. The molecular weight excluding hydrogens is 584 g/mol. The highest BCUT2D eigenvalue weighted by Gasteiger charge is 2.25. The van der Waals surface area contributed by atoms with E-state index < -0.39 is 12.1 Å². The number of carbonyl (C=O) groups excluding carboxylic acids is 1. The first-order valence-electron chi connectivity index (χ1n) is 11.6. The van der Waals surface area contributed by atoms with Gasteiger partial charge in [0.2, 0.25) is 0 Å². The number of esters is 1. The number of carbonyl (C=O) groups is 1. The highest BCUT2D eigenvalue weighted by atomic mass is 79.9. The maximum atomic E-state index is 12.6. The zero-order valence-corrected chi connectivity index (χ0v) is 23.3. The van der Waals surface area contributed by atoms with Gasteiger partial charge in [0.25, 0.3) is 0 Å². The van der Waals surface area contributed by atoms with Gasteiger partial charge in [0.05, 0.1) is 16.1 Å². The van der Waals surface area contributed by atoms with Crippen LogP contribution in [-0.4, -0.2) is 19.2 Å². The number of rotatable bonds is 6. The lowest BCUT2D eigenvalue weighted by molar-refractivity contribution is -0.148. The van der Waals surface area contributed by atoms with Gasteiger partial charge in [-0.15, -0.1) is 0 Å². The summed E-state index contributed by atoms with van der Waals surface area (Å²) < 4.78 is 18.8. The number of benzene rings is 4. The van der Waals surface area contributed by atoms with Crippen LogP contribution in [0.5, 0.6) is 5.75 Å². The van der Waals surface area contributed by atoms with Crippen LogP contribution in [0.25, 0.3) is 32.9 Å². The van der Waals surface area contributed by atoms with E-state index in [1.165, 1.54) is 7.11 Å². The van der Waals surface area contributed by atoms with Crippen molar-refractivity contribution in [2.75, 3.05) is 7.11 Å². The Morgan fingerprint density at radius 2 is 1.61 bits per heavy atom. The van der Waals surface area contributed by atoms with Crippen LogP contribution >= 0.6 is 31.9 Å². The highest BCUT2D eigenvalue weighted by Crippen LogP contribution is 2.44. The Morgan fingerprint density at radius 3 is 2.31 bits per heavy atom. The molecule has 0 fully saturated rings. The van der Waals surface area contributed by atoms with Crippen LogP contribution in [0.4, 0.5) is 0 Å². The third-order valence-corrected chi connectivity index (χ3v) is 7.63. The Hall–Kier alpha value is -3.09. The van der Waals surface area contributed by atoms with Gasteiger partial charge < -0.3 is 13.9 Å². The van der Waals surface area contributed by atoms with Gasteiger partial charge in [0.15, 0.2) is 6.10 Å². The van der Waals surface area contributed by atoms with Crippen LogP contribution in [0.3, 0.4) is 0 Å². The first kappa shape index (κ1) is 24.6. The van der Waals surface area contributed by atoms with Gasteiger partial charge in [-0.05, 0) is 91.4 Å². The summed E-state index contributed by atoms with van der Waals surface area (Å²) in [6.07, 6.45) is -0.398. The monoisotopic (exact) mass is 606 g/mol. The molecule has 0 saturated heterocycles. The Labute approximate surface area is 226 Å². The average molecular weight is 608 g/mol. The Kier molecular flexibility index (Phi) is 6.91. The molecule has 182 valence electrons. The van der Waals surface area contributed by atoms with Gasteiger partial charge >= 0.3 is 5.97 Å². The summed E-state index contributed by atoms with van der Waals surface area (Å²) in [5, 5.41) is 3.34. The summed E-state index contributed by atoms with van der Waals surface area (Å²) in [5.74, 6) is 1.02. The van der Waals surface area contributed by atoms with Crippen LogP contribution in [0.1, 0.15) is 16.9 Å². The second kappa shape index (κ2) is 10.1. The third kappa shape index (κ3) is 4.56. The molecule has 1 aromatic heterocycles. The topological polar surface area (TPSA) is 48.7 Å². The number of fused-ring (bicyclic) bond motifs is 2. The van der Waals surface area contributed by atoms with Crippen molar-refractivity contribution in [1.29, 1.82) is 0 Å². The number of aryl methyl sites for hydroxylation is 2. The fraction of sp³-hybridized carbons (Fsp3) is 0.167. The van der Waals surface area contributed by atoms with Gasteiger partial charge in [0, 0.05) is 17.4 Å². The van der Waals surface area contributed by atoms with E-state index in [1.54, 1.807) is 0 Å². The molecule has 0 aliphatic carbocycles. The van der Waals surface area contributed by atoms with Gasteiger partial charge in [-0.2, -0.15) is 0 Å². The summed E-state index contributed by atoms with van der Waals surface area (Å²) in [6.45, 7) is 4.08. The minimum Gasteiger partial charge on any atom is -0.476 e. The molecule has 0 saturated carbocycles. The quantitative estimate of drug-likeness (QED) is 0.181. The maximum Gasteiger partial charge on any atom is 0.347 e. The van der Waals surface area contributed by atoms with Gasteiger partial charge in [0.1, 0.15) is 17.1 Å². The van der Waals surface area contributed by atoms with E-state index in [0.29, 0.717) is 12.2 Å². The Balaban J connectivity index is 1.61. The molecule has 0 amide bonds. The third-order valence-electron chi connectivity index (χ3n) is 6.45. The smallest absolute Gasteiger partial charge is 0.347 e. The van der Waals surface area contributed by atoms with Gasteiger partial charge in [-0.25, -0.2) is 4.79 Å². The molecule has 5 aromatic rings. The molecule has 0 radical (unpaired) electrons. The number of hydrogen-bond donors (Lipinski definition) is 0. The normalized spacial score (nSPS) is 12.1. The van der Waals surface area contributed by atoms with E-state index in [1.807, 2.05) is 61.5 Å². The van der Waals surface area contributed by atoms with Crippen molar-refractivity contribution < 1.29 is 18.7 Å². The molecule has 4 nitrogen and oxygen atoms in total. The van der Waals surface area contributed by atoms with Crippen molar-refractivity contribution in [3.05, 3.63) is 98.6 Å². The van der Waals surface area contributed by atoms with Crippen molar-refractivity contribution in [3.63, 3.8) is 0 Å². The van der Waals surface area contributed by atoms with Gasteiger partial charge in [-0.1, -0.05) is 54.6 Å². The number of hydrogen-bond acceptors (Lipinski definition) is 4. The lowest BCUT2D eigenvalue weighted by Crippen LogP contribution is -2.31. The van der Waals surface area contributed by atoms with Crippen LogP contribution in [0.15, 0.2) is 86.2 Å². The number of ether oxygens (including phenoxy) is 2. The second-order valence-electron chi connectivity index (χ2n) is 8.72. The summed E-state index contributed by atoms with van der Waals surface area (Å²) in [4.78, 5) is 12.6. The Morgan fingerprint density at radius 1 is 0.944 bits per heavy atom. The minimum absolute atomic E-state index is 0.394. The average Bonchev–Trinajstić information content (AvgIpc) is 3.16. The summed E-state index contributed by atoms with van der Waals surface area (Å²) in [7, 11) is 1.37. The molecule has 6 heteroatoms. The fourth-order valence-electron chi connectivity index (χ4n) is 4.58. The zero-order chi connectivity index (χ0) is 25.4. The van der Waals surface area contributed by atoms with Crippen LogP contribution < -0.4 is 4.74 Å². The standard InChI is InChI=1S/C30H24Br2O4/c1-17-18(2)35-25-16-20-11-7-8-12-22(20)28(27(17)25)21-14-23(31)29(24(32)15-21)36-26(30(33)34-3)13-19-9-5-4-6-10-19/h4-12,14-16,26H,13H2,1-3H3. The van der Waals surface area contributed by atoms with Crippen molar-refractivity contribution in [2.45, 2.75) is 26.4 Å². The van der Waals surface area contributed by atoms with Crippen LogP contribution in [-0.2, 0) is 16.0 Å². The zero-order valence-electron chi connectivity index (χ0n) is 20.1. The minimum atomic E-state index is -0.793. The predicted octanol–water partition coefficient (Wildman–Crippen LogP) is 8.56. The SMILES string of the molecule is COC(=O)C(Cc1ccccc1)Oc1c(Br)cc(-c2c3ccccc3cc3oc(C)c(C)c23)cc1Br. The molecular formula is C30H24Br2O4. The molecule has 0 N–H and O–H groups in total.